The fourth-order valence-electron chi connectivity index (χ4n) is 4.37. The summed E-state index contributed by atoms with van der Waals surface area (Å²) in [7, 11) is 0. The van der Waals surface area contributed by atoms with Crippen LogP contribution in [0.4, 0.5) is 10.5 Å². The van der Waals surface area contributed by atoms with Gasteiger partial charge in [-0.25, -0.2) is 4.79 Å². The Bertz CT molecular complexity index is 1000. The highest BCUT2D eigenvalue weighted by molar-refractivity contribution is 6.01. The standard InChI is InChI=1S/C23H26N4O4/c1-2-31-23(30)26-13-11-15(12-14-26)27-21(16-7-3-4-8-17(16)22(27)29)25-19-10-6-5-9-18(19)20(24)28/h3-10,15,21,25H,2,11-14H2,1H3,(H2,24,28)/t21-/m0/s1. The van der Waals surface area contributed by atoms with Gasteiger partial charge in [-0.3, -0.25) is 9.59 Å². The molecule has 1 saturated heterocycles. The zero-order valence-corrected chi connectivity index (χ0v) is 17.4. The minimum atomic E-state index is -0.532. The molecule has 0 unspecified atom stereocenters. The Morgan fingerprint density at radius 3 is 2.48 bits per heavy atom. The fraction of sp³-hybridized carbons (Fsp3) is 0.348. The van der Waals surface area contributed by atoms with E-state index < -0.39 is 12.1 Å². The van der Waals surface area contributed by atoms with Gasteiger partial charge in [-0.15, -0.1) is 0 Å². The quantitative estimate of drug-likeness (QED) is 0.771. The van der Waals surface area contributed by atoms with Gasteiger partial charge in [0, 0.05) is 35.9 Å². The number of carbonyl (C=O) groups is 3. The lowest BCUT2D eigenvalue weighted by Crippen LogP contribution is -2.49. The first-order valence-corrected chi connectivity index (χ1v) is 10.5. The van der Waals surface area contributed by atoms with Gasteiger partial charge in [0.1, 0.15) is 6.17 Å². The lowest BCUT2D eigenvalue weighted by molar-refractivity contribution is 0.0496. The summed E-state index contributed by atoms with van der Waals surface area (Å²) in [4.78, 5) is 40.8. The van der Waals surface area contributed by atoms with Gasteiger partial charge in [-0.1, -0.05) is 30.3 Å². The number of primary amides is 1. The SMILES string of the molecule is CCOC(=O)N1CCC(N2C(=O)c3ccccc3[C@H]2Nc2ccccc2C(N)=O)CC1. The molecule has 8 nitrogen and oxygen atoms in total. The van der Waals surface area contributed by atoms with Crippen molar-refractivity contribution in [2.75, 3.05) is 25.0 Å². The van der Waals surface area contributed by atoms with Gasteiger partial charge in [-0.2, -0.15) is 0 Å². The Morgan fingerprint density at radius 1 is 1.10 bits per heavy atom. The van der Waals surface area contributed by atoms with Crippen LogP contribution in [0.1, 0.15) is 52.2 Å². The maximum Gasteiger partial charge on any atom is 0.409 e. The van der Waals surface area contributed by atoms with Crippen molar-refractivity contribution in [3.05, 3.63) is 65.2 Å². The summed E-state index contributed by atoms with van der Waals surface area (Å²) in [6, 6.07) is 14.4. The number of ether oxygens (including phenoxy) is 1. The molecule has 3 N–H and O–H groups in total. The minimum Gasteiger partial charge on any atom is -0.450 e. The van der Waals surface area contributed by atoms with E-state index in [1.807, 2.05) is 35.2 Å². The number of rotatable bonds is 5. The number of carbonyl (C=O) groups excluding carboxylic acids is 3. The molecule has 2 heterocycles. The van der Waals surface area contributed by atoms with E-state index in [9.17, 15) is 14.4 Å². The largest absolute Gasteiger partial charge is 0.450 e. The predicted octanol–water partition coefficient (Wildman–Crippen LogP) is 2.97. The van der Waals surface area contributed by atoms with Gasteiger partial charge in [0.15, 0.2) is 0 Å². The maximum absolute atomic E-state index is 13.3. The first-order chi connectivity index (χ1) is 15.0. The monoisotopic (exact) mass is 422 g/mol. The van der Waals surface area contributed by atoms with E-state index in [1.165, 1.54) is 0 Å². The van der Waals surface area contributed by atoms with E-state index in [4.69, 9.17) is 10.5 Å². The van der Waals surface area contributed by atoms with Crippen LogP contribution < -0.4 is 11.1 Å². The van der Waals surface area contributed by atoms with E-state index in [0.717, 1.165) is 5.56 Å². The summed E-state index contributed by atoms with van der Waals surface area (Å²) in [5.74, 6) is -0.589. The maximum atomic E-state index is 13.3. The number of benzene rings is 2. The molecular formula is C23H26N4O4. The molecule has 2 aliphatic heterocycles. The smallest absolute Gasteiger partial charge is 0.409 e. The molecule has 0 bridgehead atoms. The second-order valence-electron chi connectivity index (χ2n) is 7.67. The van der Waals surface area contributed by atoms with Crippen LogP contribution in [0.3, 0.4) is 0 Å². The Labute approximate surface area is 180 Å². The van der Waals surface area contributed by atoms with Crippen LogP contribution in [0.15, 0.2) is 48.5 Å². The lowest BCUT2D eigenvalue weighted by atomic mass is 10.0. The highest BCUT2D eigenvalue weighted by Crippen LogP contribution is 2.38. The van der Waals surface area contributed by atoms with Gasteiger partial charge in [0.25, 0.3) is 11.8 Å². The summed E-state index contributed by atoms with van der Waals surface area (Å²) in [6.45, 7) is 3.16. The number of amides is 3. The third kappa shape index (κ3) is 3.93. The van der Waals surface area contributed by atoms with Crippen LogP contribution in [0.25, 0.3) is 0 Å². The zero-order chi connectivity index (χ0) is 22.0. The molecule has 4 rings (SSSR count). The molecule has 31 heavy (non-hydrogen) atoms. The van der Waals surface area contributed by atoms with Gasteiger partial charge in [0.2, 0.25) is 0 Å². The van der Waals surface area contributed by atoms with Crippen molar-refractivity contribution < 1.29 is 19.1 Å². The number of piperidine rings is 1. The summed E-state index contributed by atoms with van der Waals surface area (Å²) >= 11 is 0. The number of para-hydroxylation sites is 1. The molecular weight excluding hydrogens is 396 g/mol. The number of hydrogen-bond acceptors (Lipinski definition) is 5. The third-order valence-corrected chi connectivity index (χ3v) is 5.87. The number of anilines is 1. The van der Waals surface area contributed by atoms with Crippen molar-refractivity contribution in [3.63, 3.8) is 0 Å². The van der Waals surface area contributed by atoms with Crippen molar-refractivity contribution in [2.24, 2.45) is 5.73 Å². The van der Waals surface area contributed by atoms with Gasteiger partial charge >= 0.3 is 6.09 Å². The van der Waals surface area contributed by atoms with Gasteiger partial charge in [0.05, 0.1) is 12.2 Å². The number of fused-ring (bicyclic) bond motifs is 1. The Balaban J connectivity index is 1.61. The third-order valence-electron chi connectivity index (χ3n) is 5.87. The Morgan fingerprint density at radius 2 is 1.77 bits per heavy atom. The fourth-order valence-corrected chi connectivity index (χ4v) is 4.37. The van der Waals surface area contributed by atoms with Crippen molar-refractivity contribution >= 4 is 23.6 Å². The number of hydrogen-bond donors (Lipinski definition) is 2. The minimum absolute atomic E-state index is 0.0520. The normalized spacial score (nSPS) is 18.6. The zero-order valence-electron chi connectivity index (χ0n) is 17.4. The van der Waals surface area contributed by atoms with Gasteiger partial charge < -0.3 is 25.6 Å². The summed E-state index contributed by atoms with van der Waals surface area (Å²) in [6.07, 6.45) is 0.549. The van der Waals surface area contributed by atoms with Crippen LogP contribution in [0.5, 0.6) is 0 Å². The highest BCUT2D eigenvalue weighted by atomic mass is 16.6. The molecule has 3 amide bonds. The van der Waals surface area contributed by atoms with E-state index in [2.05, 4.69) is 5.32 Å². The van der Waals surface area contributed by atoms with E-state index in [1.54, 1.807) is 30.0 Å². The molecule has 0 saturated carbocycles. The van der Waals surface area contributed by atoms with Crippen LogP contribution in [-0.4, -0.2) is 53.4 Å². The molecule has 0 aliphatic carbocycles. The lowest BCUT2D eigenvalue weighted by Gasteiger charge is -2.39. The van der Waals surface area contributed by atoms with Gasteiger partial charge in [-0.05, 0) is 38.0 Å². The summed E-state index contributed by atoms with van der Waals surface area (Å²) in [5.41, 5.74) is 8.00. The molecule has 2 aromatic rings. The number of nitrogens with two attached hydrogens (primary N) is 1. The molecule has 1 atom stereocenters. The average molecular weight is 422 g/mol. The summed E-state index contributed by atoms with van der Waals surface area (Å²) in [5, 5.41) is 3.38. The van der Waals surface area contributed by atoms with Crippen LogP contribution >= 0.6 is 0 Å². The van der Waals surface area contributed by atoms with E-state index >= 15 is 0 Å². The molecule has 162 valence electrons. The van der Waals surface area contributed by atoms with E-state index in [-0.39, 0.29) is 18.0 Å². The first-order valence-electron chi connectivity index (χ1n) is 10.5. The van der Waals surface area contributed by atoms with Crippen molar-refractivity contribution in [1.29, 1.82) is 0 Å². The van der Waals surface area contributed by atoms with Crippen molar-refractivity contribution in [3.8, 4) is 0 Å². The molecule has 2 aliphatic rings. The van der Waals surface area contributed by atoms with Crippen molar-refractivity contribution in [1.82, 2.24) is 9.80 Å². The highest BCUT2D eigenvalue weighted by Gasteiger charge is 2.42. The second kappa shape index (κ2) is 8.67. The molecule has 0 radical (unpaired) electrons. The predicted molar refractivity (Wildman–Crippen MR) is 116 cm³/mol. The Hall–Kier alpha value is -3.55. The van der Waals surface area contributed by atoms with Crippen molar-refractivity contribution in [2.45, 2.75) is 32.0 Å². The average Bonchev–Trinajstić information content (AvgIpc) is 3.06. The number of likely N-dealkylation sites (tertiary alicyclic amines) is 1. The molecule has 1 fully saturated rings. The first kappa shape index (κ1) is 20.7. The molecule has 8 heteroatoms. The topological polar surface area (TPSA) is 105 Å². The summed E-state index contributed by atoms with van der Waals surface area (Å²) < 4.78 is 5.10. The van der Waals surface area contributed by atoms with Crippen LogP contribution in [0, 0.1) is 0 Å². The van der Waals surface area contributed by atoms with Crippen LogP contribution in [0.2, 0.25) is 0 Å². The molecule has 0 aromatic heterocycles. The number of nitrogens with one attached hydrogen (secondary N) is 1. The van der Waals surface area contributed by atoms with Crippen LogP contribution in [-0.2, 0) is 4.74 Å². The Kier molecular flexibility index (Phi) is 5.79. The molecule has 0 spiro atoms. The second-order valence-corrected chi connectivity index (χ2v) is 7.67. The van der Waals surface area contributed by atoms with E-state index in [0.29, 0.717) is 49.4 Å². The molecule has 2 aromatic carbocycles. The number of nitrogens with zero attached hydrogens (tertiary/aromatic N) is 2.